The topological polar surface area (TPSA) is 89.6 Å². The van der Waals surface area contributed by atoms with Gasteiger partial charge in [-0.25, -0.2) is 0 Å². The van der Waals surface area contributed by atoms with E-state index in [0.717, 1.165) is 0 Å². The molecule has 1 aromatic heterocycles. The number of aromatic nitrogens is 2. The lowest BCUT2D eigenvalue weighted by atomic mass is 10.1. The molecular weight excluding hydrogens is 341 g/mol. The Balaban J connectivity index is 1.96. The van der Waals surface area contributed by atoms with Crippen molar-refractivity contribution in [1.82, 2.24) is 15.5 Å². The van der Waals surface area contributed by atoms with Gasteiger partial charge in [-0.15, -0.1) is 0 Å². The van der Waals surface area contributed by atoms with Crippen LogP contribution in [0.1, 0.15) is 30.1 Å². The zero-order chi connectivity index (χ0) is 18.4. The molecule has 134 valence electrons. The molecule has 0 saturated heterocycles. The monoisotopic (exact) mass is 356 g/mol. The summed E-state index contributed by atoms with van der Waals surface area (Å²) >= 11 is 0. The van der Waals surface area contributed by atoms with Crippen LogP contribution in [0.3, 0.4) is 0 Å². The molecule has 1 amide bonds. The zero-order valence-electron chi connectivity index (χ0n) is 13.4. The fraction of sp³-hybridized carbons (Fsp3) is 0.333. The van der Waals surface area contributed by atoms with Crippen LogP contribution in [0.25, 0.3) is 11.4 Å². The van der Waals surface area contributed by atoms with Crippen molar-refractivity contribution in [3.8, 4) is 11.4 Å². The number of amides is 1. The van der Waals surface area contributed by atoms with Gasteiger partial charge in [0.05, 0.1) is 12.8 Å². The predicted molar refractivity (Wildman–Crippen MR) is 81.8 cm³/mol. The van der Waals surface area contributed by atoms with E-state index in [1.165, 1.54) is 30.5 Å². The first-order chi connectivity index (χ1) is 11.8. The van der Waals surface area contributed by atoms with E-state index >= 15 is 0 Å². The summed E-state index contributed by atoms with van der Waals surface area (Å²) in [5.41, 5.74) is 0.615. The Labute approximate surface area is 140 Å². The number of hydrogen-bond acceptors (Lipinski definition) is 6. The van der Waals surface area contributed by atoms with Crippen LogP contribution >= 0.6 is 0 Å². The maximum Gasteiger partial charge on any atom is 0.471 e. The summed E-state index contributed by atoms with van der Waals surface area (Å²) in [6.45, 7) is 3.81. The van der Waals surface area contributed by atoms with Crippen LogP contribution in [-0.4, -0.2) is 34.9 Å². The molecule has 0 fully saturated rings. The van der Waals surface area contributed by atoms with Crippen molar-refractivity contribution in [1.29, 1.82) is 0 Å². The summed E-state index contributed by atoms with van der Waals surface area (Å²) in [7, 11) is 0. The molecule has 0 radical (unpaired) electrons. The fourth-order valence-electron chi connectivity index (χ4n) is 1.67. The first-order valence-electron chi connectivity index (χ1n) is 7.24. The van der Waals surface area contributed by atoms with Crippen molar-refractivity contribution in [2.45, 2.75) is 26.1 Å². The van der Waals surface area contributed by atoms with Crippen LogP contribution in [0.2, 0.25) is 0 Å². The van der Waals surface area contributed by atoms with Crippen LogP contribution in [-0.2, 0) is 11.0 Å². The van der Waals surface area contributed by atoms with Crippen molar-refractivity contribution in [2.75, 3.05) is 6.54 Å². The van der Waals surface area contributed by atoms with Crippen molar-refractivity contribution in [2.24, 2.45) is 5.16 Å². The van der Waals surface area contributed by atoms with Crippen molar-refractivity contribution in [3.63, 3.8) is 0 Å². The largest absolute Gasteiger partial charge is 0.471 e. The van der Waals surface area contributed by atoms with Crippen LogP contribution in [0, 0.1) is 0 Å². The van der Waals surface area contributed by atoms with Crippen LogP contribution in [0.5, 0.6) is 0 Å². The molecule has 0 unspecified atom stereocenters. The van der Waals surface area contributed by atoms with Gasteiger partial charge in [0.1, 0.15) is 6.10 Å². The SMILES string of the molecule is CC(C)ON=CCNC(=O)c1ccc(-c2noc(C(F)(F)F)n2)cc1. The molecule has 10 heteroatoms. The third-order valence-electron chi connectivity index (χ3n) is 2.77. The third kappa shape index (κ3) is 5.30. The first-order valence-corrected chi connectivity index (χ1v) is 7.24. The number of alkyl halides is 3. The molecule has 0 spiro atoms. The Kier molecular flexibility index (Phi) is 5.73. The third-order valence-corrected chi connectivity index (χ3v) is 2.77. The van der Waals surface area contributed by atoms with Crippen LogP contribution in [0.15, 0.2) is 33.9 Å². The number of rotatable bonds is 6. The molecule has 1 N–H and O–H groups in total. The smallest absolute Gasteiger partial charge is 0.393 e. The van der Waals surface area contributed by atoms with E-state index in [9.17, 15) is 18.0 Å². The Morgan fingerprint density at radius 2 is 2.04 bits per heavy atom. The van der Waals surface area contributed by atoms with Crippen molar-refractivity contribution < 1.29 is 27.3 Å². The highest BCUT2D eigenvalue weighted by Crippen LogP contribution is 2.29. The number of benzene rings is 1. The minimum absolute atomic E-state index is 0.0532. The van der Waals surface area contributed by atoms with E-state index in [1.807, 2.05) is 13.8 Å². The van der Waals surface area contributed by atoms with Crippen molar-refractivity contribution in [3.05, 3.63) is 35.7 Å². The molecule has 7 nitrogen and oxygen atoms in total. The normalized spacial score (nSPS) is 11.9. The van der Waals surface area contributed by atoms with E-state index in [4.69, 9.17) is 4.84 Å². The average molecular weight is 356 g/mol. The molecule has 1 aromatic carbocycles. The molecule has 0 aliphatic rings. The first kappa shape index (κ1) is 18.4. The highest BCUT2D eigenvalue weighted by molar-refractivity contribution is 5.95. The Morgan fingerprint density at radius 1 is 1.36 bits per heavy atom. The zero-order valence-corrected chi connectivity index (χ0v) is 13.4. The summed E-state index contributed by atoms with van der Waals surface area (Å²) in [5, 5.41) is 9.52. The molecule has 25 heavy (non-hydrogen) atoms. The van der Waals surface area contributed by atoms with Gasteiger partial charge in [-0.05, 0) is 26.0 Å². The van der Waals surface area contributed by atoms with Gasteiger partial charge in [-0.2, -0.15) is 18.2 Å². The lowest BCUT2D eigenvalue weighted by Gasteiger charge is -2.03. The summed E-state index contributed by atoms with van der Waals surface area (Å²) < 4.78 is 41.5. The van der Waals surface area contributed by atoms with Crippen LogP contribution < -0.4 is 5.32 Å². The lowest BCUT2D eigenvalue weighted by Crippen LogP contribution is -2.25. The second-order valence-corrected chi connectivity index (χ2v) is 5.15. The highest BCUT2D eigenvalue weighted by atomic mass is 19.4. The van der Waals surface area contributed by atoms with E-state index in [-0.39, 0.29) is 24.4 Å². The van der Waals surface area contributed by atoms with Gasteiger partial charge in [-0.3, -0.25) is 4.79 Å². The van der Waals surface area contributed by atoms with Gasteiger partial charge in [0.2, 0.25) is 5.82 Å². The number of halogens is 3. The standard InChI is InChI=1S/C15H15F3N4O3/c1-9(2)24-20-8-7-19-13(23)11-5-3-10(4-6-11)12-21-14(25-22-12)15(16,17)18/h3-6,8-9H,7H2,1-2H3,(H,19,23). The van der Waals surface area contributed by atoms with E-state index in [1.54, 1.807) is 0 Å². The number of oxime groups is 1. The second kappa shape index (κ2) is 7.77. The molecule has 0 aliphatic carbocycles. The molecule has 0 bridgehead atoms. The van der Waals surface area contributed by atoms with E-state index in [0.29, 0.717) is 11.1 Å². The molecule has 1 heterocycles. The minimum Gasteiger partial charge on any atom is -0.393 e. The van der Waals surface area contributed by atoms with Gasteiger partial charge < -0.3 is 14.7 Å². The summed E-state index contributed by atoms with van der Waals surface area (Å²) in [6.07, 6.45) is -3.35. The molecule has 0 saturated carbocycles. The predicted octanol–water partition coefficient (Wildman–Crippen LogP) is 2.90. The van der Waals surface area contributed by atoms with E-state index in [2.05, 4.69) is 25.1 Å². The molecule has 2 aromatic rings. The Bertz CT molecular complexity index is 739. The number of hydrogen-bond donors (Lipinski definition) is 1. The molecule has 0 atom stereocenters. The second-order valence-electron chi connectivity index (χ2n) is 5.15. The maximum atomic E-state index is 12.4. The van der Waals surface area contributed by atoms with Crippen molar-refractivity contribution >= 4 is 12.1 Å². The Hall–Kier alpha value is -2.91. The maximum absolute atomic E-state index is 12.4. The van der Waals surface area contributed by atoms with Crippen LogP contribution in [0.4, 0.5) is 13.2 Å². The minimum atomic E-state index is -4.70. The lowest BCUT2D eigenvalue weighted by molar-refractivity contribution is -0.159. The van der Waals surface area contributed by atoms with Gasteiger partial charge in [0.15, 0.2) is 0 Å². The quantitative estimate of drug-likeness (QED) is 0.635. The summed E-state index contributed by atoms with van der Waals surface area (Å²) in [6, 6.07) is 5.73. The summed E-state index contributed by atoms with van der Waals surface area (Å²) in [5.74, 6) is -2.00. The number of carbonyl (C=O) groups is 1. The molecular formula is C15H15F3N4O3. The number of nitrogens with one attached hydrogen (secondary N) is 1. The van der Waals surface area contributed by atoms with Gasteiger partial charge in [-0.1, -0.05) is 22.4 Å². The summed E-state index contributed by atoms with van der Waals surface area (Å²) in [4.78, 5) is 20.1. The molecule has 0 aliphatic heterocycles. The van der Waals surface area contributed by atoms with Gasteiger partial charge in [0.25, 0.3) is 5.91 Å². The molecule has 2 rings (SSSR count). The van der Waals surface area contributed by atoms with E-state index < -0.39 is 12.1 Å². The average Bonchev–Trinajstić information content (AvgIpc) is 3.04. The number of nitrogens with zero attached hydrogens (tertiary/aromatic N) is 3. The Morgan fingerprint density at radius 3 is 2.60 bits per heavy atom. The number of carbonyl (C=O) groups excluding carboxylic acids is 1. The van der Waals surface area contributed by atoms with Gasteiger partial charge in [0, 0.05) is 11.1 Å². The highest BCUT2D eigenvalue weighted by Gasteiger charge is 2.38. The van der Waals surface area contributed by atoms with Gasteiger partial charge >= 0.3 is 12.1 Å². The fourth-order valence-corrected chi connectivity index (χ4v) is 1.67.